The maximum Gasteiger partial charge on any atom is 0.0794 e. The van der Waals surface area contributed by atoms with Crippen LogP contribution in [0.3, 0.4) is 0 Å². The van der Waals surface area contributed by atoms with Gasteiger partial charge < -0.3 is 10.6 Å². The number of hydrogen-bond donors (Lipinski definition) is 2. The van der Waals surface area contributed by atoms with E-state index in [4.69, 9.17) is 0 Å². The summed E-state index contributed by atoms with van der Waals surface area (Å²) < 4.78 is 0. The van der Waals surface area contributed by atoms with Crippen LogP contribution in [0.15, 0.2) is 10.9 Å². The zero-order valence-electron chi connectivity index (χ0n) is 10.5. The first-order valence-corrected chi connectivity index (χ1v) is 7.70. The molecule has 1 saturated heterocycles. The van der Waals surface area contributed by atoms with Gasteiger partial charge in [0.25, 0.3) is 0 Å². The molecule has 3 nitrogen and oxygen atoms in total. The summed E-state index contributed by atoms with van der Waals surface area (Å²) in [6.07, 6.45) is 7.91. The van der Waals surface area contributed by atoms with Crippen LogP contribution in [0.5, 0.6) is 0 Å². The first-order valence-electron chi connectivity index (χ1n) is 6.76. The molecule has 1 fully saturated rings. The van der Waals surface area contributed by atoms with Gasteiger partial charge in [-0.05, 0) is 19.4 Å². The minimum Gasteiger partial charge on any atom is -0.315 e. The number of hydrogen-bond acceptors (Lipinski definition) is 4. The van der Waals surface area contributed by atoms with Crippen molar-refractivity contribution in [3.63, 3.8) is 0 Å². The Hall–Kier alpha value is -0.450. The van der Waals surface area contributed by atoms with Crippen molar-refractivity contribution in [3.05, 3.63) is 16.6 Å². The average Bonchev–Trinajstić information content (AvgIpc) is 2.79. The van der Waals surface area contributed by atoms with Crippen LogP contribution >= 0.6 is 11.3 Å². The Balaban J connectivity index is 1.57. The molecule has 0 spiro atoms. The highest BCUT2D eigenvalue weighted by Gasteiger charge is 2.09. The van der Waals surface area contributed by atoms with Crippen molar-refractivity contribution in [1.29, 1.82) is 0 Å². The van der Waals surface area contributed by atoms with Gasteiger partial charge >= 0.3 is 0 Å². The smallest absolute Gasteiger partial charge is 0.0794 e. The fraction of sp³-hybridized carbons (Fsp3) is 0.769. The molecule has 0 aliphatic carbocycles. The fourth-order valence-corrected chi connectivity index (χ4v) is 2.90. The van der Waals surface area contributed by atoms with Crippen molar-refractivity contribution >= 4 is 11.3 Å². The molecule has 0 radical (unpaired) electrons. The zero-order chi connectivity index (χ0) is 11.8. The largest absolute Gasteiger partial charge is 0.315 e. The van der Waals surface area contributed by atoms with E-state index < -0.39 is 0 Å². The molecule has 17 heavy (non-hydrogen) atoms. The topological polar surface area (TPSA) is 37.0 Å². The molecule has 2 rings (SSSR count). The Morgan fingerprint density at radius 2 is 2.29 bits per heavy atom. The quantitative estimate of drug-likeness (QED) is 0.790. The Morgan fingerprint density at radius 3 is 3.18 bits per heavy atom. The highest BCUT2D eigenvalue weighted by atomic mass is 32.1. The van der Waals surface area contributed by atoms with Gasteiger partial charge in [0.15, 0.2) is 0 Å². The van der Waals surface area contributed by atoms with Gasteiger partial charge in [0.05, 0.1) is 11.2 Å². The lowest BCUT2D eigenvalue weighted by Gasteiger charge is -2.21. The van der Waals surface area contributed by atoms with E-state index in [1.54, 1.807) is 11.3 Å². The number of thiazole rings is 1. The van der Waals surface area contributed by atoms with Crippen molar-refractivity contribution in [2.75, 3.05) is 19.6 Å². The van der Waals surface area contributed by atoms with Gasteiger partial charge in [-0.3, -0.25) is 0 Å². The van der Waals surface area contributed by atoms with E-state index in [0.29, 0.717) is 6.04 Å². The first kappa shape index (κ1) is 13.0. The van der Waals surface area contributed by atoms with E-state index in [0.717, 1.165) is 19.5 Å². The zero-order valence-corrected chi connectivity index (χ0v) is 11.3. The maximum absolute atomic E-state index is 4.29. The third-order valence-electron chi connectivity index (χ3n) is 3.34. The molecule has 1 aliphatic rings. The van der Waals surface area contributed by atoms with Crippen LogP contribution < -0.4 is 10.6 Å². The van der Waals surface area contributed by atoms with Crippen LogP contribution in [0.2, 0.25) is 0 Å². The lowest BCUT2D eigenvalue weighted by molar-refractivity contribution is 0.399. The maximum atomic E-state index is 4.29. The Bertz CT molecular complexity index is 279. The molecule has 0 aromatic carbocycles. The van der Waals surface area contributed by atoms with E-state index in [9.17, 15) is 0 Å². The SMILES string of the molecule is c1nc(CCNCC2CCCCCCN2)cs1. The van der Waals surface area contributed by atoms with E-state index in [1.165, 1.54) is 44.3 Å². The second kappa shape index (κ2) is 7.80. The Morgan fingerprint density at radius 1 is 1.35 bits per heavy atom. The highest BCUT2D eigenvalue weighted by Crippen LogP contribution is 2.09. The predicted molar refractivity (Wildman–Crippen MR) is 73.6 cm³/mol. The highest BCUT2D eigenvalue weighted by molar-refractivity contribution is 7.07. The summed E-state index contributed by atoms with van der Waals surface area (Å²) in [6, 6.07) is 0.672. The van der Waals surface area contributed by atoms with Gasteiger partial charge in [0, 0.05) is 30.9 Å². The predicted octanol–water partition coefficient (Wildman–Crippen LogP) is 2.20. The molecule has 0 bridgehead atoms. The number of aromatic nitrogens is 1. The van der Waals surface area contributed by atoms with Gasteiger partial charge in [0.1, 0.15) is 0 Å². The third-order valence-corrected chi connectivity index (χ3v) is 3.98. The van der Waals surface area contributed by atoms with Gasteiger partial charge in [-0.25, -0.2) is 4.98 Å². The molecule has 0 saturated carbocycles. The summed E-state index contributed by atoms with van der Waals surface area (Å²) in [4.78, 5) is 4.29. The van der Waals surface area contributed by atoms with Gasteiger partial charge in [-0.15, -0.1) is 11.3 Å². The molecule has 1 aliphatic heterocycles. The summed E-state index contributed by atoms with van der Waals surface area (Å²) in [6.45, 7) is 3.34. The Kier molecular flexibility index (Phi) is 5.96. The normalized spacial score (nSPS) is 22.0. The monoisotopic (exact) mass is 253 g/mol. The van der Waals surface area contributed by atoms with E-state index in [1.807, 2.05) is 5.51 Å². The van der Waals surface area contributed by atoms with E-state index in [-0.39, 0.29) is 0 Å². The Labute approximate surface area is 108 Å². The number of nitrogens with zero attached hydrogens (tertiary/aromatic N) is 1. The molecule has 2 N–H and O–H groups in total. The molecule has 0 amide bonds. The van der Waals surface area contributed by atoms with Crippen LogP contribution in [-0.4, -0.2) is 30.7 Å². The van der Waals surface area contributed by atoms with Crippen LogP contribution in [0.4, 0.5) is 0 Å². The second-order valence-electron chi connectivity index (χ2n) is 4.79. The first-order chi connectivity index (χ1) is 8.45. The minimum absolute atomic E-state index is 0.672. The summed E-state index contributed by atoms with van der Waals surface area (Å²) in [5.74, 6) is 0. The van der Waals surface area contributed by atoms with Gasteiger partial charge in [-0.2, -0.15) is 0 Å². The molecule has 1 aromatic rings. The van der Waals surface area contributed by atoms with Crippen molar-refractivity contribution in [2.45, 2.75) is 44.6 Å². The van der Waals surface area contributed by atoms with E-state index >= 15 is 0 Å². The van der Waals surface area contributed by atoms with Crippen LogP contribution in [0, 0.1) is 0 Å². The van der Waals surface area contributed by atoms with E-state index in [2.05, 4.69) is 21.0 Å². The lowest BCUT2D eigenvalue weighted by atomic mass is 10.0. The summed E-state index contributed by atoms with van der Waals surface area (Å²) in [5, 5.41) is 9.32. The molecule has 1 atom stereocenters. The van der Waals surface area contributed by atoms with Crippen LogP contribution in [-0.2, 0) is 6.42 Å². The molecule has 96 valence electrons. The molecule has 1 aromatic heterocycles. The molecule has 2 heterocycles. The molecule has 4 heteroatoms. The lowest BCUT2D eigenvalue weighted by Crippen LogP contribution is -2.40. The third kappa shape index (κ3) is 5.15. The van der Waals surface area contributed by atoms with Crippen LogP contribution in [0.1, 0.15) is 37.8 Å². The van der Waals surface area contributed by atoms with Gasteiger partial charge in [0.2, 0.25) is 0 Å². The van der Waals surface area contributed by atoms with Gasteiger partial charge in [-0.1, -0.05) is 19.3 Å². The van der Waals surface area contributed by atoms with Crippen LogP contribution in [0.25, 0.3) is 0 Å². The molecular weight excluding hydrogens is 230 g/mol. The number of nitrogens with one attached hydrogen (secondary N) is 2. The number of rotatable bonds is 5. The standard InChI is InChI=1S/C13H23N3S/c1-2-4-7-15-12(5-3-1)9-14-8-6-13-10-17-11-16-13/h10-12,14-15H,1-9H2. The summed E-state index contributed by atoms with van der Waals surface area (Å²) >= 11 is 1.68. The molecular formula is C13H23N3S. The van der Waals surface area contributed by atoms with Crippen molar-refractivity contribution in [1.82, 2.24) is 15.6 Å². The van der Waals surface area contributed by atoms with Crippen molar-refractivity contribution < 1.29 is 0 Å². The van der Waals surface area contributed by atoms with Crippen molar-refractivity contribution in [2.24, 2.45) is 0 Å². The summed E-state index contributed by atoms with van der Waals surface area (Å²) in [5.41, 5.74) is 3.12. The second-order valence-corrected chi connectivity index (χ2v) is 5.51. The fourth-order valence-electron chi connectivity index (χ4n) is 2.31. The molecule has 1 unspecified atom stereocenters. The van der Waals surface area contributed by atoms with Crippen molar-refractivity contribution in [3.8, 4) is 0 Å². The average molecular weight is 253 g/mol. The minimum atomic E-state index is 0.672. The summed E-state index contributed by atoms with van der Waals surface area (Å²) in [7, 11) is 0.